The van der Waals surface area contributed by atoms with Gasteiger partial charge in [0.05, 0.1) is 12.1 Å². The van der Waals surface area contributed by atoms with E-state index in [1.54, 1.807) is 10.7 Å². The topological polar surface area (TPSA) is 68.0 Å². The Hall–Kier alpha value is -2.17. The van der Waals surface area contributed by atoms with Crippen molar-refractivity contribution in [2.75, 3.05) is 0 Å². The number of carbonyl (C=O) groups is 1. The summed E-state index contributed by atoms with van der Waals surface area (Å²) >= 11 is 0. The lowest BCUT2D eigenvalue weighted by atomic mass is 10.1. The number of carboxylic acid groups (broad SMARTS) is 1. The van der Waals surface area contributed by atoms with Gasteiger partial charge in [-0.1, -0.05) is 26.0 Å². The first-order valence-corrected chi connectivity index (χ1v) is 6.22. The summed E-state index contributed by atoms with van der Waals surface area (Å²) in [7, 11) is 0. The molecule has 1 aromatic carbocycles. The second-order valence-electron chi connectivity index (χ2n) is 4.82. The molecule has 1 aromatic heterocycles. The normalized spacial score (nSPS) is 10.9. The molecule has 0 radical (unpaired) electrons. The maximum Gasteiger partial charge on any atom is 0.307 e. The van der Waals surface area contributed by atoms with Gasteiger partial charge in [-0.2, -0.15) is 5.10 Å². The van der Waals surface area contributed by atoms with E-state index >= 15 is 0 Å². The Balaban J connectivity index is 2.44. The first-order valence-electron chi connectivity index (χ1n) is 6.22. The fraction of sp³-hybridized carbons (Fsp3) is 0.357. The van der Waals surface area contributed by atoms with Crippen molar-refractivity contribution in [2.45, 2.75) is 33.1 Å². The van der Waals surface area contributed by atoms with Crippen LogP contribution in [0.1, 0.15) is 37.0 Å². The quantitative estimate of drug-likeness (QED) is 0.915. The molecule has 0 aliphatic heterocycles. The van der Waals surface area contributed by atoms with Crippen molar-refractivity contribution in [3.05, 3.63) is 41.5 Å². The molecule has 0 atom stereocenters. The van der Waals surface area contributed by atoms with Gasteiger partial charge in [0.15, 0.2) is 0 Å². The average molecular weight is 259 g/mol. The number of rotatable bonds is 4. The monoisotopic (exact) mass is 259 g/mol. The minimum atomic E-state index is -0.837. The molecule has 0 aliphatic carbocycles. The molecule has 0 aliphatic rings. The van der Waals surface area contributed by atoms with E-state index in [0.717, 1.165) is 17.1 Å². The van der Waals surface area contributed by atoms with E-state index in [2.05, 4.69) is 23.9 Å². The minimum Gasteiger partial charge on any atom is -0.481 e. The van der Waals surface area contributed by atoms with E-state index in [0.29, 0.717) is 5.82 Å². The number of carboxylic acids is 1. The van der Waals surface area contributed by atoms with E-state index in [-0.39, 0.29) is 12.3 Å². The van der Waals surface area contributed by atoms with Gasteiger partial charge in [0.1, 0.15) is 11.6 Å². The molecule has 0 spiro atoms. The average Bonchev–Trinajstić information content (AvgIpc) is 2.71. The number of aromatic nitrogens is 3. The van der Waals surface area contributed by atoms with Crippen LogP contribution in [0.3, 0.4) is 0 Å². The summed E-state index contributed by atoms with van der Waals surface area (Å²) in [6.45, 7) is 5.96. The zero-order valence-electron chi connectivity index (χ0n) is 11.3. The van der Waals surface area contributed by atoms with Crippen molar-refractivity contribution >= 4 is 5.97 Å². The highest BCUT2D eigenvalue weighted by atomic mass is 16.4. The lowest BCUT2D eigenvalue weighted by Crippen LogP contribution is -2.06. The van der Waals surface area contributed by atoms with Gasteiger partial charge >= 0.3 is 5.97 Å². The molecule has 2 rings (SSSR count). The molecule has 5 nitrogen and oxygen atoms in total. The van der Waals surface area contributed by atoms with Crippen LogP contribution in [0, 0.1) is 6.92 Å². The van der Waals surface area contributed by atoms with Gasteiger partial charge in [-0.25, -0.2) is 9.67 Å². The Labute approximate surface area is 111 Å². The van der Waals surface area contributed by atoms with Gasteiger partial charge < -0.3 is 5.11 Å². The predicted molar refractivity (Wildman–Crippen MR) is 71.5 cm³/mol. The van der Waals surface area contributed by atoms with Crippen molar-refractivity contribution < 1.29 is 9.90 Å². The molecule has 1 N–H and O–H groups in total. The van der Waals surface area contributed by atoms with Crippen molar-refractivity contribution in [2.24, 2.45) is 0 Å². The lowest BCUT2D eigenvalue weighted by molar-refractivity contribution is -0.136. The van der Waals surface area contributed by atoms with Crippen LogP contribution in [0.15, 0.2) is 24.3 Å². The molecule has 1 heterocycles. The maximum atomic E-state index is 10.8. The summed E-state index contributed by atoms with van der Waals surface area (Å²) in [6, 6.07) is 7.39. The fourth-order valence-corrected chi connectivity index (χ4v) is 1.97. The summed E-state index contributed by atoms with van der Waals surface area (Å²) < 4.78 is 1.78. The van der Waals surface area contributed by atoms with Gasteiger partial charge in [0.2, 0.25) is 0 Å². The Kier molecular flexibility index (Phi) is 3.64. The molecule has 19 heavy (non-hydrogen) atoms. The maximum absolute atomic E-state index is 10.8. The molecule has 0 saturated carbocycles. The largest absolute Gasteiger partial charge is 0.481 e. The minimum absolute atomic E-state index is 0.0124. The highest BCUT2D eigenvalue weighted by Gasteiger charge is 2.13. The highest BCUT2D eigenvalue weighted by Crippen LogP contribution is 2.18. The number of aryl methyl sites for hydroxylation is 1. The van der Waals surface area contributed by atoms with Gasteiger partial charge in [0.25, 0.3) is 0 Å². The van der Waals surface area contributed by atoms with Crippen LogP contribution in [0.25, 0.3) is 5.69 Å². The van der Waals surface area contributed by atoms with Crippen LogP contribution in [0.4, 0.5) is 0 Å². The van der Waals surface area contributed by atoms with E-state index in [1.165, 1.54) is 0 Å². The summed E-state index contributed by atoms with van der Waals surface area (Å²) in [5, 5.41) is 13.2. The molecule has 0 bridgehead atoms. The SMILES string of the molecule is Cc1nc(C(C)C)n(-c2cccc(CC(=O)O)c2)n1. The first-order chi connectivity index (χ1) is 8.97. The Morgan fingerprint density at radius 3 is 2.79 bits per heavy atom. The number of nitrogens with zero attached hydrogens (tertiary/aromatic N) is 3. The van der Waals surface area contributed by atoms with E-state index in [9.17, 15) is 4.79 Å². The standard InChI is InChI=1S/C14H17N3O2/c1-9(2)14-15-10(3)16-17(14)12-6-4-5-11(7-12)8-13(18)19/h4-7,9H,8H2,1-3H3,(H,18,19). The van der Waals surface area contributed by atoms with Crippen molar-refractivity contribution in [3.63, 3.8) is 0 Å². The summed E-state index contributed by atoms with van der Waals surface area (Å²) in [5.41, 5.74) is 1.61. The highest BCUT2D eigenvalue weighted by molar-refractivity contribution is 5.70. The second kappa shape index (κ2) is 5.22. The Morgan fingerprint density at radius 2 is 2.16 bits per heavy atom. The van der Waals surface area contributed by atoms with E-state index in [4.69, 9.17) is 5.11 Å². The summed E-state index contributed by atoms with van der Waals surface area (Å²) in [6.07, 6.45) is 0.0124. The van der Waals surface area contributed by atoms with E-state index < -0.39 is 5.97 Å². The fourth-order valence-electron chi connectivity index (χ4n) is 1.97. The van der Waals surface area contributed by atoms with Gasteiger partial charge in [-0.3, -0.25) is 4.79 Å². The molecule has 0 amide bonds. The first kappa shape index (κ1) is 13.3. The number of hydrogen-bond donors (Lipinski definition) is 1. The third kappa shape index (κ3) is 2.99. The van der Waals surface area contributed by atoms with Crippen LogP contribution < -0.4 is 0 Å². The van der Waals surface area contributed by atoms with Crippen LogP contribution in [0.2, 0.25) is 0 Å². The van der Waals surface area contributed by atoms with Crippen LogP contribution >= 0.6 is 0 Å². The van der Waals surface area contributed by atoms with Crippen LogP contribution in [-0.4, -0.2) is 25.8 Å². The van der Waals surface area contributed by atoms with Crippen LogP contribution in [-0.2, 0) is 11.2 Å². The molecule has 0 saturated heterocycles. The Morgan fingerprint density at radius 1 is 1.42 bits per heavy atom. The predicted octanol–water partition coefficient (Wildman–Crippen LogP) is 2.33. The molecule has 2 aromatic rings. The van der Waals surface area contributed by atoms with Gasteiger partial charge in [0, 0.05) is 5.92 Å². The van der Waals surface area contributed by atoms with Crippen molar-refractivity contribution in [1.29, 1.82) is 0 Å². The van der Waals surface area contributed by atoms with Gasteiger partial charge in [-0.05, 0) is 24.6 Å². The number of benzene rings is 1. The van der Waals surface area contributed by atoms with Crippen LogP contribution in [0.5, 0.6) is 0 Å². The zero-order valence-corrected chi connectivity index (χ0v) is 11.3. The molecular weight excluding hydrogens is 242 g/mol. The zero-order chi connectivity index (χ0) is 14.0. The van der Waals surface area contributed by atoms with Crippen molar-refractivity contribution in [1.82, 2.24) is 14.8 Å². The summed E-state index contributed by atoms with van der Waals surface area (Å²) in [4.78, 5) is 15.2. The molecule has 5 heteroatoms. The second-order valence-corrected chi connectivity index (χ2v) is 4.82. The molecule has 0 unspecified atom stereocenters. The molecule has 0 fully saturated rings. The van der Waals surface area contributed by atoms with Crippen molar-refractivity contribution in [3.8, 4) is 5.69 Å². The summed E-state index contributed by atoms with van der Waals surface area (Å²) in [5.74, 6) is 1.01. The molecule has 100 valence electrons. The third-order valence-corrected chi connectivity index (χ3v) is 2.76. The smallest absolute Gasteiger partial charge is 0.307 e. The number of hydrogen-bond acceptors (Lipinski definition) is 3. The van der Waals surface area contributed by atoms with E-state index in [1.807, 2.05) is 25.1 Å². The lowest BCUT2D eigenvalue weighted by Gasteiger charge is -2.09. The Bertz CT molecular complexity index is 602. The molecular formula is C14H17N3O2. The van der Waals surface area contributed by atoms with Gasteiger partial charge in [-0.15, -0.1) is 0 Å². The third-order valence-electron chi connectivity index (χ3n) is 2.76. The number of aliphatic carboxylic acids is 1.